The van der Waals surface area contributed by atoms with Gasteiger partial charge in [-0.25, -0.2) is 0 Å². The number of aryl methyl sites for hydroxylation is 1. The van der Waals surface area contributed by atoms with E-state index in [9.17, 15) is 0 Å². The Kier molecular flexibility index (Phi) is 4.11. The second-order valence-corrected chi connectivity index (χ2v) is 5.98. The number of hydrogen-bond acceptors (Lipinski definition) is 1. The van der Waals surface area contributed by atoms with E-state index in [4.69, 9.17) is 17.3 Å². The summed E-state index contributed by atoms with van der Waals surface area (Å²) in [5.41, 5.74) is 8.70. The van der Waals surface area contributed by atoms with E-state index in [2.05, 4.69) is 26.0 Å². The molecule has 1 aromatic carbocycles. The molecule has 0 spiro atoms. The maximum atomic E-state index is 6.38. The van der Waals surface area contributed by atoms with E-state index < -0.39 is 0 Å². The third kappa shape index (κ3) is 3.02. The average molecular weight is 252 g/mol. The molecule has 1 fully saturated rings. The SMILES string of the molecule is Cc1ccc(C(N)C2CCC(C)CC2)c(Cl)c1. The van der Waals surface area contributed by atoms with Crippen LogP contribution in [0, 0.1) is 18.8 Å². The highest BCUT2D eigenvalue weighted by Crippen LogP contribution is 2.37. The fourth-order valence-corrected chi connectivity index (χ4v) is 3.16. The van der Waals surface area contributed by atoms with Crippen molar-refractivity contribution in [1.82, 2.24) is 0 Å². The van der Waals surface area contributed by atoms with Gasteiger partial charge in [-0.15, -0.1) is 0 Å². The molecule has 2 N–H and O–H groups in total. The molecule has 17 heavy (non-hydrogen) atoms. The van der Waals surface area contributed by atoms with E-state index in [1.807, 2.05) is 6.07 Å². The van der Waals surface area contributed by atoms with Crippen LogP contribution in [-0.4, -0.2) is 0 Å². The van der Waals surface area contributed by atoms with Crippen molar-refractivity contribution in [2.24, 2.45) is 17.6 Å². The van der Waals surface area contributed by atoms with Crippen molar-refractivity contribution in [2.75, 3.05) is 0 Å². The first-order valence-electron chi connectivity index (χ1n) is 6.59. The van der Waals surface area contributed by atoms with E-state index in [1.54, 1.807) is 0 Å². The van der Waals surface area contributed by atoms with E-state index >= 15 is 0 Å². The third-order valence-corrected chi connectivity index (χ3v) is 4.41. The fourth-order valence-electron chi connectivity index (χ4n) is 2.80. The first-order valence-corrected chi connectivity index (χ1v) is 6.97. The van der Waals surface area contributed by atoms with Gasteiger partial charge < -0.3 is 5.73 Å². The predicted molar refractivity (Wildman–Crippen MR) is 74.2 cm³/mol. The summed E-state index contributed by atoms with van der Waals surface area (Å²) in [4.78, 5) is 0. The van der Waals surface area contributed by atoms with E-state index in [0.717, 1.165) is 16.5 Å². The van der Waals surface area contributed by atoms with Crippen LogP contribution in [0.5, 0.6) is 0 Å². The Bertz CT molecular complexity index is 381. The quantitative estimate of drug-likeness (QED) is 0.824. The Balaban J connectivity index is 2.11. The van der Waals surface area contributed by atoms with Crippen molar-refractivity contribution >= 4 is 11.6 Å². The molecule has 0 saturated heterocycles. The van der Waals surface area contributed by atoms with Gasteiger partial charge in [-0.3, -0.25) is 0 Å². The van der Waals surface area contributed by atoms with Gasteiger partial charge in [0.15, 0.2) is 0 Å². The Morgan fingerprint density at radius 1 is 1.24 bits per heavy atom. The molecule has 1 aromatic rings. The molecule has 0 aliphatic heterocycles. The van der Waals surface area contributed by atoms with Crippen LogP contribution in [-0.2, 0) is 0 Å². The molecule has 1 aliphatic rings. The van der Waals surface area contributed by atoms with Crippen LogP contribution in [0.3, 0.4) is 0 Å². The largest absolute Gasteiger partial charge is 0.324 e. The van der Waals surface area contributed by atoms with Gasteiger partial charge in [-0.2, -0.15) is 0 Å². The maximum Gasteiger partial charge on any atom is 0.0456 e. The van der Waals surface area contributed by atoms with Gasteiger partial charge in [-0.1, -0.05) is 43.5 Å². The summed E-state index contributed by atoms with van der Waals surface area (Å²) in [6, 6.07) is 6.32. The number of benzene rings is 1. The van der Waals surface area contributed by atoms with Gasteiger partial charge in [-0.05, 0) is 48.8 Å². The molecular formula is C15H22ClN. The van der Waals surface area contributed by atoms with Crippen LogP contribution >= 0.6 is 11.6 Å². The van der Waals surface area contributed by atoms with E-state index in [-0.39, 0.29) is 6.04 Å². The van der Waals surface area contributed by atoms with Crippen LogP contribution in [0.25, 0.3) is 0 Å². The summed E-state index contributed by atoms with van der Waals surface area (Å²) >= 11 is 6.29. The van der Waals surface area contributed by atoms with Crippen molar-refractivity contribution in [3.63, 3.8) is 0 Å². The van der Waals surface area contributed by atoms with Crippen molar-refractivity contribution in [1.29, 1.82) is 0 Å². The number of rotatable bonds is 2. The highest BCUT2D eigenvalue weighted by Gasteiger charge is 2.25. The second-order valence-electron chi connectivity index (χ2n) is 5.57. The molecule has 1 saturated carbocycles. The molecule has 1 unspecified atom stereocenters. The Morgan fingerprint density at radius 2 is 1.88 bits per heavy atom. The van der Waals surface area contributed by atoms with Gasteiger partial charge in [0.1, 0.15) is 0 Å². The highest BCUT2D eigenvalue weighted by atomic mass is 35.5. The van der Waals surface area contributed by atoms with E-state index in [1.165, 1.54) is 31.2 Å². The lowest BCUT2D eigenvalue weighted by molar-refractivity contribution is 0.256. The molecule has 2 rings (SSSR count). The zero-order valence-corrected chi connectivity index (χ0v) is 11.5. The monoisotopic (exact) mass is 251 g/mol. The summed E-state index contributed by atoms with van der Waals surface area (Å²) in [5.74, 6) is 1.47. The molecule has 1 atom stereocenters. The van der Waals surface area contributed by atoms with Gasteiger partial charge in [0.25, 0.3) is 0 Å². The van der Waals surface area contributed by atoms with Crippen molar-refractivity contribution in [3.05, 3.63) is 34.3 Å². The topological polar surface area (TPSA) is 26.0 Å². The minimum atomic E-state index is 0.107. The second kappa shape index (κ2) is 5.41. The zero-order valence-electron chi connectivity index (χ0n) is 10.7. The predicted octanol–water partition coefficient (Wildman–Crippen LogP) is 4.47. The molecular weight excluding hydrogens is 230 g/mol. The minimum Gasteiger partial charge on any atom is -0.324 e. The van der Waals surface area contributed by atoms with E-state index in [0.29, 0.717) is 5.92 Å². The lowest BCUT2D eigenvalue weighted by atomic mass is 9.77. The smallest absolute Gasteiger partial charge is 0.0456 e. The molecule has 0 bridgehead atoms. The molecule has 0 amide bonds. The molecule has 0 aromatic heterocycles. The summed E-state index contributed by atoms with van der Waals surface area (Å²) in [6.07, 6.45) is 5.10. The van der Waals surface area contributed by atoms with Crippen LogP contribution < -0.4 is 5.73 Å². The van der Waals surface area contributed by atoms with Gasteiger partial charge in [0, 0.05) is 11.1 Å². The minimum absolute atomic E-state index is 0.107. The Labute approximate surface area is 109 Å². The van der Waals surface area contributed by atoms with Gasteiger partial charge in [0.2, 0.25) is 0 Å². The number of halogens is 1. The standard InChI is InChI=1S/C15H22ClN/c1-10-3-6-12(7-4-10)15(17)13-8-5-11(2)9-14(13)16/h5,8-10,12,15H,3-4,6-7,17H2,1-2H3. The maximum absolute atomic E-state index is 6.38. The molecule has 94 valence electrons. The lowest BCUT2D eigenvalue weighted by Crippen LogP contribution is -2.25. The summed E-state index contributed by atoms with van der Waals surface area (Å²) in [7, 11) is 0. The molecule has 2 heteroatoms. The summed E-state index contributed by atoms with van der Waals surface area (Å²) in [5, 5.41) is 0.830. The van der Waals surface area contributed by atoms with Crippen LogP contribution in [0.2, 0.25) is 5.02 Å². The number of nitrogens with two attached hydrogens (primary N) is 1. The average Bonchev–Trinajstić information content (AvgIpc) is 2.29. The first kappa shape index (κ1) is 12.9. The zero-order chi connectivity index (χ0) is 12.4. The normalized spacial score (nSPS) is 26.8. The number of hydrogen-bond donors (Lipinski definition) is 1. The summed E-state index contributed by atoms with van der Waals surface area (Å²) in [6.45, 7) is 4.39. The Hall–Kier alpha value is -0.530. The van der Waals surface area contributed by atoms with Crippen molar-refractivity contribution in [3.8, 4) is 0 Å². The van der Waals surface area contributed by atoms with Gasteiger partial charge >= 0.3 is 0 Å². The van der Waals surface area contributed by atoms with Gasteiger partial charge in [0.05, 0.1) is 0 Å². The van der Waals surface area contributed by atoms with Crippen molar-refractivity contribution < 1.29 is 0 Å². The summed E-state index contributed by atoms with van der Waals surface area (Å²) < 4.78 is 0. The lowest BCUT2D eigenvalue weighted by Gasteiger charge is -2.31. The van der Waals surface area contributed by atoms with Crippen LogP contribution in [0.15, 0.2) is 18.2 Å². The molecule has 0 heterocycles. The van der Waals surface area contributed by atoms with Crippen molar-refractivity contribution in [2.45, 2.75) is 45.6 Å². The third-order valence-electron chi connectivity index (χ3n) is 4.08. The Morgan fingerprint density at radius 3 is 2.47 bits per heavy atom. The first-order chi connectivity index (χ1) is 8.08. The fraction of sp³-hybridized carbons (Fsp3) is 0.600. The molecule has 1 aliphatic carbocycles. The highest BCUT2D eigenvalue weighted by molar-refractivity contribution is 6.31. The van der Waals surface area contributed by atoms with Crippen LogP contribution in [0.1, 0.15) is 49.8 Å². The van der Waals surface area contributed by atoms with Crippen LogP contribution in [0.4, 0.5) is 0 Å². The molecule has 1 nitrogen and oxygen atoms in total. The molecule has 0 radical (unpaired) electrons.